The Balaban J connectivity index is 1.96. The van der Waals surface area contributed by atoms with Crippen molar-refractivity contribution in [1.82, 2.24) is 15.0 Å². The first-order valence-electron chi connectivity index (χ1n) is 7.41. The van der Waals surface area contributed by atoms with Crippen LogP contribution in [0.2, 0.25) is 0 Å². The number of alkyl halides is 1. The van der Waals surface area contributed by atoms with Crippen LogP contribution < -0.4 is 11.1 Å². The van der Waals surface area contributed by atoms with Gasteiger partial charge in [-0.3, -0.25) is 0 Å². The summed E-state index contributed by atoms with van der Waals surface area (Å²) in [6.45, 7) is 5.56. The van der Waals surface area contributed by atoms with Crippen molar-refractivity contribution >= 4 is 11.9 Å². The third-order valence-corrected chi connectivity index (χ3v) is 4.17. The maximum absolute atomic E-state index is 13.5. The van der Waals surface area contributed by atoms with Gasteiger partial charge >= 0.3 is 0 Å². The summed E-state index contributed by atoms with van der Waals surface area (Å²) in [7, 11) is 0. The summed E-state index contributed by atoms with van der Waals surface area (Å²) in [6.07, 6.45) is 0.640. The Morgan fingerprint density at radius 2 is 2.09 bits per heavy atom. The number of nitrogen functional groups attached to an aromatic ring is 1. The van der Waals surface area contributed by atoms with Crippen LogP contribution in [0.3, 0.4) is 0 Å². The Bertz CT molecular complexity index is 716. The van der Waals surface area contributed by atoms with E-state index in [9.17, 15) is 4.39 Å². The van der Waals surface area contributed by atoms with Gasteiger partial charge < -0.3 is 11.1 Å². The molecule has 0 spiro atoms. The van der Waals surface area contributed by atoms with E-state index in [0.717, 1.165) is 12.8 Å². The lowest BCUT2D eigenvalue weighted by molar-refractivity contribution is 0.356. The molecule has 1 aliphatic carbocycles. The van der Waals surface area contributed by atoms with Crippen molar-refractivity contribution in [3.63, 3.8) is 0 Å². The van der Waals surface area contributed by atoms with E-state index in [1.165, 1.54) is 23.6 Å². The zero-order chi connectivity index (χ0) is 15.9. The smallest absolute Gasteiger partial charge is 0.228 e. The molecule has 3 rings (SSSR count). The molecule has 1 aromatic carbocycles. The molecule has 0 saturated carbocycles. The van der Waals surface area contributed by atoms with E-state index in [0.29, 0.717) is 5.95 Å². The van der Waals surface area contributed by atoms with Gasteiger partial charge in [0.2, 0.25) is 11.9 Å². The lowest BCUT2D eigenvalue weighted by Crippen LogP contribution is -2.30. The molecule has 2 atom stereocenters. The lowest BCUT2D eigenvalue weighted by Gasteiger charge is -2.27. The molecule has 5 nitrogen and oxygen atoms in total. The Morgan fingerprint density at radius 1 is 1.32 bits per heavy atom. The third-order valence-electron chi connectivity index (χ3n) is 4.17. The number of nitrogens with two attached hydrogens (primary N) is 1. The van der Waals surface area contributed by atoms with Gasteiger partial charge in [0.05, 0.1) is 5.54 Å². The predicted molar refractivity (Wildman–Crippen MR) is 84.2 cm³/mol. The second kappa shape index (κ2) is 5.19. The average Bonchev–Trinajstić information content (AvgIpc) is 2.75. The summed E-state index contributed by atoms with van der Waals surface area (Å²) < 4.78 is 13.5. The number of anilines is 2. The molecule has 0 unspecified atom stereocenters. The van der Waals surface area contributed by atoms with Crippen LogP contribution in [0.1, 0.15) is 49.0 Å². The zero-order valence-electron chi connectivity index (χ0n) is 13.0. The van der Waals surface area contributed by atoms with Crippen LogP contribution in [0, 0.1) is 6.92 Å². The van der Waals surface area contributed by atoms with Crippen LogP contribution in [0.15, 0.2) is 18.2 Å². The molecule has 22 heavy (non-hydrogen) atoms. The van der Waals surface area contributed by atoms with Gasteiger partial charge in [0.1, 0.15) is 0 Å². The Labute approximate surface area is 129 Å². The Hall–Kier alpha value is -2.24. The number of rotatable bonds is 3. The fourth-order valence-corrected chi connectivity index (χ4v) is 2.96. The van der Waals surface area contributed by atoms with Crippen LogP contribution in [-0.2, 0) is 12.0 Å². The number of aryl methyl sites for hydroxylation is 2. The standard InChI is InChI=1S/C16H20FN5/c1-9-4-5-11-6-7-16(3,12(11)8-9)22-15-20-13(10(2)17)19-14(18)21-15/h4-5,8,10H,6-7H2,1-3H3,(H3,18,19,20,21,22)/t10-,16-/m1/s1. The maximum atomic E-state index is 13.5. The summed E-state index contributed by atoms with van der Waals surface area (Å²) in [5.74, 6) is 0.410. The van der Waals surface area contributed by atoms with Crippen molar-refractivity contribution in [3.05, 3.63) is 40.7 Å². The van der Waals surface area contributed by atoms with Gasteiger partial charge in [-0.05, 0) is 44.7 Å². The van der Waals surface area contributed by atoms with E-state index in [-0.39, 0.29) is 17.3 Å². The number of hydrogen-bond acceptors (Lipinski definition) is 5. The van der Waals surface area contributed by atoms with Gasteiger partial charge in [-0.2, -0.15) is 15.0 Å². The highest BCUT2D eigenvalue weighted by molar-refractivity contribution is 5.47. The quantitative estimate of drug-likeness (QED) is 0.911. The largest absolute Gasteiger partial charge is 0.368 e. The number of nitrogens with one attached hydrogen (secondary N) is 1. The molecular formula is C16H20FN5. The van der Waals surface area contributed by atoms with Crippen molar-refractivity contribution in [2.24, 2.45) is 0 Å². The highest BCUT2D eigenvalue weighted by Crippen LogP contribution is 2.39. The van der Waals surface area contributed by atoms with E-state index in [2.05, 4.69) is 52.3 Å². The zero-order valence-corrected chi connectivity index (χ0v) is 13.0. The van der Waals surface area contributed by atoms with E-state index in [4.69, 9.17) is 5.73 Å². The van der Waals surface area contributed by atoms with Crippen molar-refractivity contribution in [3.8, 4) is 0 Å². The number of nitrogens with zero attached hydrogens (tertiary/aromatic N) is 3. The minimum absolute atomic E-state index is 0.0306. The molecule has 6 heteroatoms. The predicted octanol–water partition coefficient (Wildman–Crippen LogP) is 3.07. The van der Waals surface area contributed by atoms with Gasteiger partial charge in [0.15, 0.2) is 12.0 Å². The number of benzene rings is 1. The molecule has 0 fully saturated rings. The van der Waals surface area contributed by atoms with Gasteiger partial charge in [-0.25, -0.2) is 4.39 Å². The molecule has 0 amide bonds. The molecule has 1 heterocycles. The second-order valence-corrected chi connectivity index (χ2v) is 6.11. The second-order valence-electron chi connectivity index (χ2n) is 6.11. The molecule has 2 aromatic rings. The van der Waals surface area contributed by atoms with Gasteiger partial charge in [0.25, 0.3) is 0 Å². The number of hydrogen-bond donors (Lipinski definition) is 2. The van der Waals surface area contributed by atoms with Crippen LogP contribution in [0.5, 0.6) is 0 Å². The topological polar surface area (TPSA) is 76.7 Å². The van der Waals surface area contributed by atoms with Crippen LogP contribution in [0.4, 0.5) is 16.3 Å². The highest BCUT2D eigenvalue weighted by Gasteiger charge is 2.35. The molecule has 3 N–H and O–H groups in total. The summed E-state index contributed by atoms with van der Waals surface area (Å²) in [5, 5.41) is 3.33. The molecule has 0 aliphatic heterocycles. The van der Waals surface area contributed by atoms with Gasteiger partial charge in [0, 0.05) is 0 Å². The van der Waals surface area contributed by atoms with Crippen molar-refractivity contribution in [2.45, 2.75) is 45.3 Å². The Kier molecular flexibility index (Phi) is 3.47. The highest BCUT2D eigenvalue weighted by atomic mass is 19.1. The van der Waals surface area contributed by atoms with E-state index < -0.39 is 6.17 Å². The van der Waals surface area contributed by atoms with Crippen LogP contribution in [-0.4, -0.2) is 15.0 Å². The van der Waals surface area contributed by atoms with Crippen molar-refractivity contribution < 1.29 is 4.39 Å². The van der Waals surface area contributed by atoms with Crippen LogP contribution in [0.25, 0.3) is 0 Å². The third kappa shape index (κ3) is 2.61. The molecule has 0 bridgehead atoms. The number of halogens is 1. The molecule has 0 radical (unpaired) electrons. The van der Waals surface area contributed by atoms with Crippen molar-refractivity contribution in [2.75, 3.05) is 11.1 Å². The lowest BCUT2D eigenvalue weighted by atomic mass is 9.93. The Morgan fingerprint density at radius 3 is 2.82 bits per heavy atom. The summed E-state index contributed by atoms with van der Waals surface area (Å²) in [4.78, 5) is 12.1. The fourth-order valence-electron chi connectivity index (χ4n) is 2.96. The summed E-state index contributed by atoms with van der Waals surface area (Å²) in [6, 6.07) is 6.46. The fraction of sp³-hybridized carbons (Fsp3) is 0.438. The average molecular weight is 301 g/mol. The number of fused-ring (bicyclic) bond motifs is 1. The van der Waals surface area contributed by atoms with E-state index >= 15 is 0 Å². The molecule has 1 aromatic heterocycles. The summed E-state index contributed by atoms with van der Waals surface area (Å²) >= 11 is 0. The minimum atomic E-state index is -1.28. The summed E-state index contributed by atoms with van der Waals surface area (Å²) in [5.41, 5.74) is 9.15. The number of aromatic nitrogens is 3. The van der Waals surface area contributed by atoms with E-state index in [1.54, 1.807) is 0 Å². The van der Waals surface area contributed by atoms with Crippen molar-refractivity contribution in [1.29, 1.82) is 0 Å². The van der Waals surface area contributed by atoms with Gasteiger partial charge in [-0.15, -0.1) is 0 Å². The van der Waals surface area contributed by atoms with Crippen LogP contribution >= 0.6 is 0 Å². The van der Waals surface area contributed by atoms with E-state index in [1.807, 2.05) is 0 Å². The minimum Gasteiger partial charge on any atom is -0.368 e. The molecule has 0 saturated heterocycles. The monoisotopic (exact) mass is 301 g/mol. The first-order valence-corrected chi connectivity index (χ1v) is 7.41. The maximum Gasteiger partial charge on any atom is 0.228 e. The molecule has 1 aliphatic rings. The molecular weight excluding hydrogens is 281 g/mol. The van der Waals surface area contributed by atoms with Gasteiger partial charge in [-0.1, -0.05) is 23.8 Å². The SMILES string of the molecule is Cc1ccc2c(c1)[C@](C)(Nc1nc(N)nc([C@@H](C)F)n1)CC2. The molecule has 116 valence electrons. The first kappa shape index (κ1) is 14.7. The normalized spacial score (nSPS) is 21.5. The first-order chi connectivity index (χ1) is 10.4.